The summed E-state index contributed by atoms with van der Waals surface area (Å²) in [6.45, 7) is 5.12. The average Bonchev–Trinajstić information content (AvgIpc) is 2.64. The smallest absolute Gasteiger partial charge is 0.253 e. The number of piperidine rings is 1. The van der Waals surface area contributed by atoms with E-state index in [9.17, 15) is 9.59 Å². The van der Waals surface area contributed by atoms with E-state index >= 15 is 0 Å². The molecular weight excluding hydrogens is 340 g/mol. The fourth-order valence-electron chi connectivity index (χ4n) is 3.37. The number of rotatable bonds is 3. The molecule has 2 fully saturated rings. The first-order chi connectivity index (χ1) is 12.0. The maximum atomic E-state index is 12.5. The fraction of sp³-hybridized carbons (Fsp3) is 0.556. The topological polar surface area (TPSA) is 57.1 Å². The van der Waals surface area contributed by atoms with Gasteiger partial charge in [0.25, 0.3) is 5.91 Å². The molecule has 1 aromatic carbocycles. The minimum absolute atomic E-state index is 0.0116. The van der Waals surface area contributed by atoms with Crippen molar-refractivity contribution in [1.82, 2.24) is 15.3 Å². The van der Waals surface area contributed by atoms with Crippen molar-refractivity contribution in [2.75, 3.05) is 46.3 Å². The minimum Gasteiger partial charge on any atom is -0.339 e. The van der Waals surface area contributed by atoms with Crippen molar-refractivity contribution in [2.24, 2.45) is 5.92 Å². The molecule has 0 aromatic heterocycles. The highest BCUT2D eigenvalue weighted by molar-refractivity contribution is 6.30. The summed E-state index contributed by atoms with van der Waals surface area (Å²) in [6, 6.07) is 6.96. The number of likely N-dealkylation sites (tertiary alicyclic amines) is 1. The first-order valence-electron chi connectivity index (χ1n) is 8.94. The van der Waals surface area contributed by atoms with E-state index < -0.39 is 0 Å². The number of piperazine rings is 1. The van der Waals surface area contributed by atoms with E-state index in [1.54, 1.807) is 24.3 Å². The van der Waals surface area contributed by atoms with Crippen LogP contribution in [0, 0.1) is 5.92 Å². The highest BCUT2D eigenvalue weighted by Gasteiger charge is 2.29. The number of quaternary nitrogens is 1. The molecule has 0 radical (unpaired) electrons. The summed E-state index contributed by atoms with van der Waals surface area (Å²) in [6.07, 6.45) is 1.42. The Morgan fingerprint density at radius 2 is 1.68 bits per heavy atom. The summed E-state index contributed by atoms with van der Waals surface area (Å²) in [4.78, 5) is 28.3. The number of hydrogen-bond acceptors (Lipinski definition) is 3. The standard InChI is InChI=1S/C18H25ClN4O2/c1-21-10-12-23(13-11-21)20-17(24)14-6-8-22(9-7-14)18(25)15-2-4-16(19)5-3-15/h2-5,14H,6-13H2,1H3,(H,20,24)/p+1. The van der Waals surface area contributed by atoms with Crippen molar-refractivity contribution in [3.8, 4) is 0 Å². The molecule has 2 aliphatic rings. The Kier molecular flexibility index (Phi) is 5.93. The largest absolute Gasteiger partial charge is 0.339 e. The number of amides is 2. The number of benzene rings is 1. The lowest BCUT2D eigenvalue weighted by atomic mass is 9.95. The van der Waals surface area contributed by atoms with Crippen LogP contribution in [0.3, 0.4) is 0 Å². The van der Waals surface area contributed by atoms with Gasteiger partial charge in [-0.3, -0.25) is 15.0 Å². The van der Waals surface area contributed by atoms with Crippen LogP contribution in [0.2, 0.25) is 5.02 Å². The summed E-state index contributed by atoms with van der Waals surface area (Å²) in [5.41, 5.74) is 3.70. The van der Waals surface area contributed by atoms with Gasteiger partial charge >= 0.3 is 0 Å². The molecule has 0 atom stereocenters. The number of hydrogen-bond donors (Lipinski definition) is 2. The molecule has 3 rings (SSSR count). The Morgan fingerprint density at radius 1 is 1.08 bits per heavy atom. The summed E-state index contributed by atoms with van der Waals surface area (Å²) in [5.74, 6) is 0.0944. The number of nitrogens with one attached hydrogen (secondary N) is 2. The van der Waals surface area contributed by atoms with Crippen LogP contribution < -0.4 is 10.3 Å². The molecule has 0 unspecified atom stereocenters. The van der Waals surface area contributed by atoms with Gasteiger partial charge in [-0.1, -0.05) is 11.6 Å². The highest BCUT2D eigenvalue weighted by atomic mass is 35.5. The molecule has 25 heavy (non-hydrogen) atoms. The SMILES string of the molecule is C[NH+]1CCN(NC(=O)C2CCN(C(=O)c3ccc(Cl)cc3)CC2)CC1. The predicted octanol–water partition coefficient (Wildman–Crippen LogP) is 0.0537. The Labute approximate surface area is 153 Å². The molecule has 0 aliphatic carbocycles. The molecule has 0 spiro atoms. The van der Waals surface area contributed by atoms with Crippen molar-refractivity contribution >= 4 is 23.4 Å². The maximum Gasteiger partial charge on any atom is 0.253 e. The molecule has 2 saturated heterocycles. The third-order valence-electron chi connectivity index (χ3n) is 5.13. The number of hydrazine groups is 1. The zero-order chi connectivity index (χ0) is 17.8. The van der Waals surface area contributed by atoms with Gasteiger partial charge in [0.1, 0.15) is 0 Å². The van der Waals surface area contributed by atoms with Crippen molar-refractivity contribution in [1.29, 1.82) is 0 Å². The lowest BCUT2D eigenvalue weighted by molar-refractivity contribution is -0.884. The monoisotopic (exact) mass is 365 g/mol. The van der Waals surface area contributed by atoms with E-state index in [0.717, 1.165) is 26.2 Å². The van der Waals surface area contributed by atoms with Gasteiger partial charge in [-0.25, -0.2) is 5.01 Å². The highest BCUT2D eigenvalue weighted by Crippen LogP contribution is 2.20. The summed E-state index contributed by atoms with van der Waals surface area (Å²) >= 11 is 5.87. The average molecular weight is 366 g/mol. The van der Waals surface area contributed by atoms with E-state index in [1.165, 1.54) is 4.90 Å². The quantitative estimate of drug-likeness (QED) is 0.796. The fourth-order valence-corrected chi connectivity index (χ4v) is 3.49. The second-order valence-corrected chi connectivity index (χ2v) is 7.43. The third kappa shape index (κ3) is 4.71. The summed E-state index contributed by atoms with van der Waals surface area (Å²) in [7, 11) is 2.17. The van der Waals surface area contributed by atoms with Crippen LogP contribution in [0.1, 0.15) is 23.2 Å². The van der Waals surface area contributed by atoms with Crippen molar-refractivity contribution in [3.05, 3.63) is 34.9 Å². The first kappa shape index (κ1) is 18.2. The number of halogens is 1. The summed E-state index contributed by atoms with van der Waals surface area (Å²) in [5, 5.41) is 2.65. The predicted molar refractivity (Wildman–Crippen MR) is 96.4 cm³/mol. The zero-order valence-electron chi connectivity index (χ0n) is 14.6. The maximum absolute atomic E-state index is 12.5. The lowest BCUT2D eigenvalue weighted by Gasteiger charge is -2.34. The second kappa shape index (κ2) is 8.17. The molecule has 2 N–H and O–H groups in total. The number of likely N-dealkylation sites (N-methyl/N-ethyl adjacent to an activating group) is 1. The molecule has 2 aliphatic heterocycles. The molecule has 2 heterocycles. The number of carbonyl (C=O) groups excluding carboxylic acids is 2. The van der Waals surface area contributed by atoms with Crippen LogP contribution in [0.4, 0.5) is 0 Å². The third-order valence-corrected chi connectivity index (χ3v) is 5.38. The van der Waals surface area contributed by atoms with E-state index in [4.69, 9.17) is 11.6 Å². The van der Waals surface area contributed by atoms with Crippen LogP contribution >= 0.6 is 11.6 Å². The normalized spacial score (nSPS) is 20.5. The van der Waals surface area contributed by atoms with Crippen molar-refractivity contribution < 1.29 is 14.5 Å². The van der Waals surface area contributed by atoms with E-state index in [2.05, 4.69) is 12.5 Å². The van der Waals surface area contributed by atoms with Gasteiger partial charge in [0, 0.05) is 29.6 Å². The van der Waals surface area contributed by atoms with Crippen LogP contribution in [0.5, 0.6) is 0 Å². The molecule has 0 bridgehead atoms. The van der Waals surface area contributed by atoms with Crippen molar-refractivity contribution in [2.45, 2.75) is 12.8 Å². The molecular formula is C18H26ClN4O2+. The van der Waals surface area contributed by atoms with Crippen LogP contribution in [-0.2, 0) is 4.79 Å². The van der Waals surface area contributed by atoms with E-state index in [0.29, 0.717) is 36.5 Å². The molecule has 136 valence electrons. The Hall–Kier alpha value is -1.63. The van der Waals surface area contributed by atoms with Gasteiger partial charge in [0.15, 0.2) is 0 Å². The van der Waals surface area contributed by atoms with Gasteiger partial charge < -0.3 is 9.80 Å². The zero-order valence-corrected chi connectivity index (χ0v) is 15.4. The Bertz CT molecular complexity index is 606. The molecule has 0 saturated carbocycles. The van der Waals surface area contributed by atoms with Gasteiger partial charge in [-0.2, -0.15) is 0 Å². The van der Waals surface area contributed by atoms with Gasteiger partial charge in [-0.05, 0) is 37.1 Å². The summed E-state index contributed by atoms with van der Waals surface area (Å²) < 4.78 is 0. The van der Waals surface area contributed by atoms with Crippen LogP contribution in [-0.4, -0.2) is 68.0 Å². The molecule has 1 aromatic rings. The lowest BCUT2D eigenvalue weighted by Crippen LogP contribution is -3.12. The van der Waals surface area contributed by atoms with Gasteiger partial charge in [-0.15, -0.1) is 0 Å². The van der Waals surface area contributed by atoms with E-state index in [-0.39, 0.29) is 17.7 Å². The number of carbonyl (C=O) groups is 2. The van der Waals surface area contributed by atoms with E-state index in [1.807, 2.05) is 9.91 Å². The van der Waals surface area contributed by atoms with Crippen molar-refractivity contribution in [3.63, 3.8) is 0 Å². The number of nitrogens with zero attached hydrogens (tertiary/aromatic N) is 2. The van der Waals surface area contributed by atoms with Gasteiger partial charge in [0.2, 0.25) is 5.91 Å². The Morgan fingerprint density at radius 3 is 2.28 bits per heavy atom. The first-order valence-corrected chi connectivity index (χ1v) is 9.32. The second-order valence-electron chi connectivity index (χ2n) is 6.99. The van der Waals surface area contributed by atoms with Crippen LogP contribution in [0.25, 0.3) is 0 Å². The Balaban J connectivity index is 1.47. The minimum atomic E-state index is -0.0127. The molecule has 6 nitrogen and oxygen atoms in total. The molecule has 7 heteroatoms. The van der Waals surface area contributed by atoms with Gasteiger partial charge in [0.05, 0.1) is 33.2 Å². The van der Waals surface area contributed by atoms with Crippen LogP contribution in [0.15, 0.2) is 24.3 Å². The molecule has 2 amide bonds.